The summed E-state index contributed by atoms with van der Waals surface area (Å²) >= 11 is 0. The highest BCUT2D eigenvalue weighted by Gasteiger charge is 2.41. The van der Waals surface area contributed by atoms with Crippen molar-refractivity contribution in [2.75, 3.05) is 19.6 Å². The number of amides is 2. The van der Waals surface area contributed by atoms with Crippen LogP contribution in [0.2, 0.25) is 0 Å². The van der Waals surface area contributed by atoms with Gasteiger partial charge in [0.1, 0.15) is 0 Å². The Morgan fingerprint density at radius 2 is 1.84 bits per heavy atom. The van der Waals surface area contributed by atoms with Crippen molar-refractivity contribution in [3.05, 3.63) is 53.3 Å². The molecule has 0 saturated carbocycles. The van der Waals surface area contributed by atoms with Crippen molar-refractivity contribution in [3.8, 4) is 11.3 Å². The molecule has 1 unspecified atom stereocenters. The third-order valence-corrected chi connectivity index (χ3v) is 8.19. The summed E-state index contributed by atoms with van der Waals surface area (Å²) in [5.74, 6) is 0.866. The Bertz CT molecular complexity index is 1320. The molecule has 4 heterocycles. The van der Waals surface area contributed by atoms with Crippen LogP contribution in [0.1, 0.15) is 82.5 Å². The predicted molar refractivity (Wildman–Crippen MR) is 148 cm³/mol. The van der Waals surface area contributed by atoms with Gasteiger partial charge in [0.2, 0.25) is 11.8 Å². The maximum Gasteiger partial charge on any atom is 0.227 e. The second-order valence-corrected chi connectivity index (χ2v) is 12.2. The molecule has 0 spiro atoms. The molecular formula is C31H40N4O2. The van der Waals surface area contributed by atoms with E-state index in [0.717, 1.165) is 31.6 Å². The van der Waals surface area contributed by atoms with E-state index in [1.165, 1.54) is 33.3 Å². The van der Waals surface area contributed by atoms with Gasteiger partial charge in [-0.25, -0.2) is 0 Å². The molecule has 2 amide bonds. The number of aryl methyl sites for hydroxylation is 1. The molecule has 1 atom stereocenters. The van der Waals surface area contributed by atoms with Gasteiger partial charge in [-0.05, 0) is 87.8 Å². The first kappa shape index (κ1) is 25.5. The third kappa shape index (κ3) is 4.90. The topological polar surface area (TPSA) is 69.3 Å². The van der Waals surface area contributed by atoms with Crippen LogP contribution in [0.3, 0.4) is 0 Å². The van der Waals surface area contributed by atoms with E-state index >= 15 is 0 Å². The fourth-order valence-electron chi connectivity index (χ4n) is 6.23. The highest BCUT2D eigenvalue weighted by molar-refractivity contribution is 5.92. The summed E-state index contributed by atoms with van der Waals surface area (Å²) in [6, 6.07) is 11.1. The average molecular weight is 501 g/mol. The zero-order chi connectivity index (χ0) is 26.5. The van der Waals surface area contributed by atoms with Gasteiger partial charge < -0.3 is 14.8 Å². The molecule has 1 aromatic carbocycles. The van der Waals surface area contributed by atoms with Crippen molar-refractivity contribution >= 4 is 22.7 Å². The normalized spacial score (nSPS) is 19.4. The van der Waals surface area contributed by atoms with E-state index in [0.29, 0.717) is 24.8 Å². The van der Waals surface area contributed by atoms with Crippen LogP contribution >= 0.6 is 0 Å². The van der Waals surface area contributed by atoms with E-state index in [1.54, 1.807) is 0 Å². The van der Waals surface area contributed by atoms with Crippen LogP contribution in [0.4, 0.5) is 0 Å². The molecule has 0 aliphatic carbocycles. The second kappa shape index (κ2) is 9.62. The van der Waals surface area contributed by atoms with Crippen LogP contribution in [0.15, 0.2) is 36.5 Å². The Hall–Kier alpha value is -3.15. The molecule has 1 N–H and O–H groups in total. The minimum absolute atomic E-state index is 0.0998. The predicted octanol–water partition coefficient (Wildman–Crippen LogP) is 6.01. The zero-order valence-electron chi connectivity index (χ0n) is 23.1. The van der Waals surface area contributed by atoms with E-state index in [4.69, 9.17) is 0 Å². The summed E-state index contributed by atoms with van der Waals surface area (Å²) in [7, 11) is 0. The standard InChI is InChI=1S/C31H40N4O2/c1-19(2)28-25-16-22(7-8-26(25)33-29(28)23-9-12-32-20(3)15-23)21-10-13-34(14-11-21)30(37)24-17-27(36)35(18-24)31(4,5)6/h7-9,12,15-16,19,21,24,33H,10-11,13-14,17-18H2,1-6H3. The van der Waals surface area contributed by atoms with Gasteiger partial charge in [0, 0.05) is 60.0 Å². The van der Waals surface area contributed by atoms with Crippen molar-refractivity contribution in [2.45, 2.75) is 78.2 Å². The molecule has 2 aliphatic heterocycles. The maximum atomic E-state index is 13.3. The Morgan fingerprint density at radius 1 is 1.11 bits per heavy atom. The number of benzene rings is 1. The minimum Gasteiger partial charge on any atom is -0.354 e. The summed E-state index contributed by atoms with van der Waals surface area (Å²) in [5, 5.41) is 1.29. The molecule has 6 nitrogen and oxygen atoms in total. The van der Waals surface area contributed by atoms with Gasteiger partial charge in [-0.2, -0.15) is 0 Å². The third-order valence-electron chi connectivity index (χ3n) is 8.19. The minimum atomic E-state index is -0.235. The first-order chi connectivity index (χ1) is 17.5. The fraction of sp³-hybridized carbons (Fsp3) is 0.516. The number of nitrogens with zero attached hydrogens (tertiary/aromatic N) is 3. The number of pyridine rings is 1. The average Bonchev–Trinajstić information content (AvgIpc) is 3.44. The van der Waals surface area contributed by atoms with Crippen molar-refractivity contribution in [1.29, 1.82) is 0 Å². The number of carbonyl (C=O) groups excluding carboxylic acids is 2. The Kier molecular flexibility index (Phi) is 6.63. The van der Waals surface area contributed by atoms with Gasteiger partial charge in [0.15, 0.2) is 0 Å². The lowest BCUT2D eigenvalue weighted by atomic mass is 9.87. The number of aromatic amines is 1. The number of hydrogen-bond acceptors (Lipinski definition) is 3. The lowest BCUT2D eigenvalue weighted by Crippen LogP contribution is -2.45. The number of piperidine rings is 1. The van der Waals surface area contributed by atoms with Gasteiger partial charge >= 0.3 is 0 Å². The summed E-state index contributed by atoms with van der Waals surface area (Å²) < 4.78 is 0. The Morgan fingerprint density at radius 3 is 2.46 bits per heavy atom. The first-order valence-corrected chi connectivity index (χ1v) is 13.7. The number of H-pyrrole nitrogens is 1. The van der Waals surface area contributed by atoms with Crippen LogP contribution in [-0.2, 0) is 9.59 Å². The van der Waals surface area contributed by atoms with Crippen LogP contribution in [0.5, 0.6) is 0 Å². The largest absolute Gasteiger partial charge is 0.354 e. The summed E-state index contributed by atoms with van der Waals surface area (Å²) in [4.78, 5) is 37.7. The summed E-state index contributed by atoms with van der Waals surface area (Å²) in [6.07, 6.45) is 4.14. The van der Waals surface area contributed by atoms with Gasteiger partial charge in [-0.3, -0.25) is 14.6 Å². The molecule has 2 saturated heterocycles. The number of hydrogen-bond donors (Lipinski definition) is 1. The highest BCUT2D eigenvalue weighted by atomic mass is 16.2. The summed E-state index contributed by atoms with van der Waals surface area (Å²) in [5.41, 5.74) is 7.01. The fourth-order valence-corrected chi connectivity index (χ4v) is 6.23. The number of nitrogens with one attached hydrogen (secondary N) is 1. The van der Waals surface area contributed by atoms with Crippen molar-refractivity contribution in [2.24, 2.45) is 5.92 Å². The number of carbonyl (C=O) groups is 2. The van der Waals surface area contributed by atoms with E-state index in [1.807, 2.05) is 43.7 Å². The molecule has 0 bridgehead atoms. The SMILES string of the molecule is Cc1cc(-c2[nH]c3ccc(C4CCN(C(=O)C5CC(=O)N(C(C)(C)C)C5)CC4)cc3c2C(C)C)ccn1. The Labute approximate surface area is 220 Å². The molecule has 5 rings (SSSR count). The molecule has 6 heteroatoms. The lowest BCUT2D eigenvalue weighted by molar-refractivity contribution is -0.136. The van der Waals surface area contributed by atoms with E-state index in [9.17, 15) is 9.59 Å². The Balaban J connectivity index is 1.32. The summed E-state index contributed by atoms with van der Waals surface area (Å²) in [6.45, 7) is 14.7. The molecular weight excluding hydrogens is 460 g/mol. The van der Waals surface area contributed by atoms with E-state index < -0.39 is 0 Å². The quantitative estimate of drug-likeness (QED) is 0.477. The molecule has 196 valence electrons. The zero-order valence-corrected chi connectivity index (χ0v) is 23.1. The highest BCUT2D eigenvalue weighted by Crippen LogP contribution is 2.38. The number of rotatable bonds is 4. The van der Waals surface area contributed by atoms with E-state index in [-0.39, 0.29) is 23.3 Å². The second-order valence-electron chi connectivity index (χ2n) is 12.2. The number of fused-ring (bicyclic) bond motifs is 1. The van der Waals surface area contributed by atoms with Crippen LogP contribution in [0, 0.1) is 12.8 Å². The van der Waals surface area contributed by atoms with Crippen LogP contribution in [-0.4, -0.2) is 56.8 Å². The van der Waals surface area contributed by atoms with Crippen molar-refractivity contribution < 1.29 is 9.59 Å². The molecule has 2 aliphatic rings. The van der Waals surface area contributed by atoms with Gasteiger partial charge in [-0.1, -0.05) is 19.9 Å². The smallest absolute Gasteiger partial charge is 0.227 e. The molecule has 37 heavy (non-hydrogen) atoms. The van der Waals surface area contributed by atoms with Gasteiger partial charge in [0.25, 0.3) is 0 Å². The number of likely N-dealkylation sites (tertiary alicyclic amines) is 2. The van der Waals surface area contributed by atoms with Crippen LogP contribution in [0.25, 0.3) is 22.2 Å². The molecule has 0 radical (unpaired) electrons. The van der Waals surface area contributed by atoms with Crippen molar-refractivity contribution in [1.82, 2.24) is 19.8 Å². The maximum absolute atomic E-state index is 13.3. The molecule has 2 aromatic heterocycles. The number of aromatic nitrogens is 2. The monoisotopic (exact) mass is 500 g/mol. The first-order valence-electron chi connectivity index (χ1n) is 13.7. The molecule has 2 fully saturated rings. The van der Waals surface area contributed by atoms with Crippen LogP contribution < -0.4 is 0 Å². The van der Waals surface area contributed by atoms with Gasteiger partial charge in [-0.15, -0.1) is 0 Å². The van der Waals surface area contributed by atoms with E-state index in [2.05, 4.69) is 54.1 Å². The molecule has 3 aromatic rings. The lowest BCUT2D eigenvalue weighted by Gasteiger charge is -2.35. The van der Waals surface area contributed by atoms with Crippen molar-refractivity contribution in [3.63, 3.8) is 0 Å². The van der Waals surface area contributed by atoms with Gasteiger partial charge in [0.05, 0.1) is 11.6 Å².